The molecule has 0 unspecified atom stereocenters. The Hall–Kier alpha value is -1.78. The number of alkyl halides is 1. The zero-order chi connectivity index (χ0) is 14.2. The number of aromatic nitrogens is 1. The highest BCUT2D eigenvalue weighted by molar-refractivity contribution is 7.91. The van der Waals surface area contributed by atoms with Gasteiger partial charge in [-0.1, -0.05) is 18.2 Å². The van der Waals surface area contributed by atoms with E-state index in [-0.39, 0.29) is 4.90 Å². The molecule has 5 heteroatoms. The van der Waals surface area contributed by atoms with Gasteiger partial charge in [-0.25, -0.2) is 8.42 Å². The Morgan fingerprint density at radius 1 is 1.00 bits per heavy atom. The fraction of sp³-hybridized carbons (Fsp3) is 0.0667. The lowest BCUT2D eigenvalue weighted by atomic mass is 10.2. The largest absolute Gasteiger partial charge is 0.361 e. The molecule has 0 amide bonds. The van der Waals surface area contributed by atoms with Crippen molar-refractivity contribution in [3.63, 3.8) is 0 Å². The second-order valence-corrected chi connectivity index (χ2v) is 6.69. The smallest absolute Gasteiger partial charge is 0.206 e. The zero-order valence-corrected chi connectivity index (χ0v) is 12.1. The number of fused-ring (bicyclic) bond motifs is 1. The second kappa shape index (κ2) is 4.96. The van der Waals surface area contributed by atoms with Crippen molar-refractivity contribution in [3.8, 4) is 0 Å². The van der Waals surface area contributed by atoms with Gasteiger partial charge >= 0.3 is 0 Å². The molecule has 0 aliphatic carbocycles. The minimum atomic E-state index is -3.49. The molecule has 102 valence electrons. The maximum absolute atomic E-state index is 12.6. The Bertz CT molecular complexity index is 854. The third-order valence-electron chi connectivity index (χ3n) is 3.25. The number of hydrogen-bond donors (Lipinski definition) is 1. The number of H-pyrrole nitrogens is 1. The third kappa shape index (κ3) is 2.11. The highest BCUT2D eigenvalue weighted by Gasteiger charge is 2.18. The molecule has 1 N–H and O–H groups in total. The monoisotopic (exact) mass is 305 g/mol. The number of rotatable bonds is 3. The van der Waals surface area contributed by atoms with Gasteiger partial charge in [0.05, 0.1) is 9.79 Å². The summed E-state index contributed by atoms with van der Waals surface area (Å²) >= 11 is 5.86. The third-order valence-corrected chi connectivity index (χ3v) is 5.30. The average Bonchev–Trinajstić information content (AvgIpc) is 2.90. The lowest BCUT2D eigenvalue weighted by molar-refractivity contribution is 0.596. The van der Waals surface area contributed by atoms with Crippen molar-refractivity contribution in [2.24, 2.45) is 0 Å². The SMILES string of the molecule is O=S(=O)(c1ccccc1)c1ccc2[nH]cc(CCl)c2c1. The van der Waals surface area contributed by atoms with Crippen molar-refractivity contribution < 1.29 is 8.42 Å². The van der Waals surface area contributed by atoms with Crippen LogP contribution in [0, 0.1) is 0 Å². The average molecular weight is 306 g/mol. The molecule has 0 aliphatic rings. The highest BCUT2D eigenvalue weighted by Crippen LogP contribution is 2.26. The molecule has 0 aliphatic heterocycles. The number of benzene rings is 2. The first-order chi connectivity index (χ1) is 9.63. The molecule has 3 aromatic rings. The minimum Gasteiger partial charge on any atom is -0.361 e. The van der Waals surface area contributed by atoms with Gasteiger partial charge in [-0.2, -0.15) is 0 Å². The van der Waals surface area contributed by atoms with Crippen LogP contribution in [0.25, 0.3) is 10.9 Å². The van der Waals surface area contributed by atoms with E-state index >= 15 is 0 Å². The molecule has 1 aromatic heterocycles. The standard InChI is InChI=1S/C15H12ClNO2S/c16-9-11-10-17-15-7-6-13(8-14(11)15)20(18,19)12-4-2-1-3-5-12/h1-8,10,17H,9H2. The van der Waals surface area contributed by atoms with Crippen LogP contribution in [0.5, 0.6) is 0 Å². The molecular weight excluding hydrogens is 294 g/mol. The number of halogens is 1. The number of sulfone groups is 1. The Balaban J connectivity index is 2.19. The van der Waals surface area contributed by atoms with Crippen LogP contribution in [0.3, 0.4) is 0 Å². The molecule has 0 bridgehead atoms. The Labute approximate surface area is 122 Å². The zero-order valence-electron chi connectivity index (χ0n) is 10.5. The summed E-state index contributed by atoms with van der Waals surface area (Å²) in [6.07, 6.45) is 1.80. The summed E-state index contributed by atoms with van der Waals surface area (Å²) in [5.41, 5.74) is 1.78. The Morgan fingerprint density at radius 2 is 1.75 bits per heavy atom. The number of aromatic amines is 1. The van der Waals surface area contributed by atoms with Crippen LogP contribution in [-0.2, 0) is 15.7 Å². The second-order valence-electron chi connectivity index (χ2n) is 4.47. The topological polar surface area (TPSA) is 49.9 Å². The molecule has 1 heterocycles. The summed E-state index contributed by atoms with van der Waals surface area (Å²) in [5, 5.41) is 0.844. The fourth-order valence-corrected chi connectivity index (χ4v) is 3.70. The van der Waals surface area contributed by atoms with Crippen molar-refractivity contribution in [3.05, 3.63) is 60.3 Å². The summed E-state index contributed by atoms with van der Waals surface area (Å²) < 4.78 is 25.1. The lowest BCUT2D eigenvalue weighted by Gasteiger charge is -2.05. The number of nitrogens with one attached hydrogen (secondary N) is 1. The van der Waals surface area contributed by atoms with Crippen molar-refractivity contribution >= 4 is 32.3 Å². The van der Waals surface area contributed by atoms with Gasteiger partial charge in [0.15, 0.2) is 0 Å². The summed E-state index contributed by atoms with van der Waals surface area (Å²) in [5.74, 6) is 0.342. The van der Waals surface area contributed by atoms with E-state index in [1.807, 2.05) is 0 Å². The van der Waals surface area contributed by atoms with Gasteiger partial charge < -0.3 is 4.98 Å². The maximum atomic E-state index is 12.6. The summed E-state index contributed by atoms with van der Waals surface area (Å²) in [6.45, 7) is 0. The Morgan fingerprint density at radius 3 is 2.45 bits per heavy atom. The van der Waals surface area contributed by atoms with Gasteiger partial charge in [0, 0.05) is 23.0 Å². The summed E-state index contributed by atoms with van der Waals surface area (Å²) in [6, 6.07) is 13.5. The molecule has 0 spiro atoms. The van der Waals surface area contributed by atoms with E-state index in [4.69, 9.17) is 11.6 Å². The predicted molar refractivity (Wildman–Crippen MR) is 79.7 cm³/mol. The van der Waals surface area contributed by atoms with E-state index in [9.17, 15) is 8.42 Å². The van der Waals surface area contributed by atoms with Crippen LogP contribution in [-0.4, -0.2) is 13.4 Å². The van der Waals surface area contributed by atoms with Crippen molar-refractivity contribution in [1.82, 2.24) is 4.98 Å². The lowest BCUT2D eigenvalue weighted by Crippen LogP contribution is -2.01. The van der Waals surface area contributed by atoms with E-state index < -0.39 is 9.84 Å². The molecule has 0 saturated heterocycles. The first kappa shape index (κ1) is 13.2. The van der Waals surface area contributed by atoms with Crippen molar-refractivity contribution in [2.75, 3.05) is 0 Å². The van der Waals surface area contributed by atoms with E-state index in [2.05, 4.69) is 4.98 Å². The maximum Gasteiger partial charge on any atom is 0.206 e. The quantitative estimate of drug-likeness (QED) is 0.749. The van der Waals surface area contributed by atoms with E-state index in [1.165, 1.54) is 0 Å². The molecule has 3 nitrogen and oxygen atoms in total. The molecule has 3 rings (SSSR count). The minimum absolute atomic E-state index is 0.280. The van der Waals surface area contributed by atoms with Gasteiger partial charge in [0.2, 0.25) is 9.84 Å². The van der Waals surface area contributed by atoms with Crippen LogP contribution >= 0.6 is 11.6 Å². The van der Waals surface area contributed by atoms with Gasteiger partial charge in [-0.15, -0.1) is 11.6 Å². The first-order valence-electron chi connectivity index (χ1n) is 6.09. The van der Waals surface area contributed by atoms with Gasteiger partial charge in [0.25, 0.3) is 0 Å². The first-order valence-corrected chi connectivity index (χ1v) is 8.11. The van der Waals surface area contributed by atoms with Gasteiger partial charge in [-0.05, 0) is 35.9 Å². The Kier molecular flexibility index (Phi) is 3.28. The molecular formula is C15H12ClNO2S. The van der Waals surface area contributed by atoms with Crippen LogP contribution in [0.4, 0.5) is 0 Å². The van der Waals surface area contributed by atoms with Crippen LogP contribution in [0.1, 0.15) is 5.56 Å². The molecule has 2 aromatic carbocycles. The van der Waals surface area contributed by atoms with E-state index in [1.54, 1.807) is 54.7 Å². The molecule has 0 fully saturated rings. The van der Waals surface area contributed by atoms with Crippen LogP contribution in [0.15, 0.2) is 64.5 Å². The van der Waals surface area contributed by atoms with Crippen molar-refractivity contribution in [2.45, 2.75) is 15.7 Å². The number of hydrogen-bond acceptors (Lipinski definition) is 2. The van der Waals surface area contributed by atoms with E-state index in [0.717, 1.165) is 16.5 Å². The molecule has 0 atom stereocenters. The van der Waals surface area contributed by atoms with Crippen molar-refractivity contribution in [1.29, 1.82) is 0 Å². The molecule has 20 heavy (non-hydrogen) atoms. The summed E-state index contributed by atoms with van der Waals surface area (Å²) in [4.78, 5) is 3.65. The summed E-state index contributed by atoms with van der Waals surface area (Å²) in [7, 11) is -3.49. The normalized spacial score (nSPS) is 11.8. The van der Waals surface area contributed by atoms with Crippen LogP contribution < -0.4 is 0 Å². The van der Waals surface area contributed by atoms with Gasteiger partial charge in [-0.3, -0.25) is 0 Å². The predicted octanol–water partition coefficient (Wildman–Crippen LogP) is 3.74. The molecule has 0 saturated carbocycles. The highest BCUT2D eigenvalue weighted by atomic mass is 35.5. The van der Waals surface area contributed by atoms with E-state index in [0.29, 0.717) is 10.8 Å². The fourth-order valence-electron chi connectivity index (χ4n) is 2.17. The van der Waals surface area contributed by atoms with Crippen LogP contribution in [0.2, 0.25) is 0 Å². The molecule has 0 radical (unpaired) electrons. The van der Waals surface area contributed by atoms with Gasteiger partial charge in [0.1, 0.15) is 0 Å².